The summed E-state index contributed by atoms with van der Waals surface area (Å²) in [5.41, 5.74) is 1.15. The van der Waals surface area contributed by atoms with Crippen LogP contribution < -0.4 is 5.32 Å². The zero-order chi connectivity index (χ0) is 14.6. The molecule has 1 aromatic heterocycles. The average molecular weight is 423 g/mol. The first-order chi connectivity index (χ1) is 9.50. The van der Waals surface area contributed by atoms with Gasteiger partial charge in [0.25, 0.3) is 0 Å². The van der Waals surface area contributed by atoms with Crippen LogP contribution in [-0.2, 0) is 13.6 Å². The molecule has 21 heavy (non-hydrogen) atoms. The Kier molecular flexibility index (Phi) is 7.32. The second-order valence-electron chi connectivity index (χ2n) is 5.72. The SMILES string of the molecule is CCNC(=NCc1cnn(C)c1)N1CCSC(C)(C)C1.I. The molecule has 5 nitrogen and oxygen atoms in total. The largest absolute Gasteiger partial charge is 0.357 e. The third-order valence-corrected chi connectivity index (χ3v) is 4.53. The number of rotatable bonds is 3. The molecule has 2 rings (SSSR count). The molecule has 0 bridgehead atoms. The molecule has 1 aliphatic heterocycles. The van der Waals surface area contributed by atoms with Crippen LogP contribution in [0.5, 0.6) is 0 Å². The van der Waals surface area contributed by atoms with Crippen molar-refractivity contribution in [2.75, 3.05) is 25.4 Å². The highest BCUT2D eigenvalue weighted by Crippen LogP contribution is 2.29. The van der Waals surface area contributed by atoms with Crippen LogP contribution in [0.15, 0.2) is 17.4 Å². The maximum atomic E-state index is 4.76. The van der Waals surface area contributed by atoms with Gasteiger partial charge in [-0.05, 0) is 20.8 Å². The number of aryl methyl sites for hydroxylation is 1. The highest BCUT2D eigenvalue weighted by molar-refractivity contribution is 14.0. The second kappa shape index (κ2) is 8.26. The maximum absolute atomic E-state index is 4.76. The van der Waals surface area contributed by atoms with E-state index >= 15 is 0 Å². The van der Waals surface area contributed by atoms with Crippen LogP contribution >= 0.6 is 35.7 Å². The van der Waals surface area contributed by atoms with Crippen LogP contribution in [0.2, 0.25) is 0 Å². The van der Waals surface area contributed by atoms with Crippen LogP contribution in [0.25, 0.3) is 0 Å². The number of hydrogen-bond acceptors (Lipinski definition) is 3. The summed E-state index contributed by atoms with van der Waals surface area (Å²) in [5, 5.41) is 7.59. The van der Waals surface area contributed by atoms with Gasteiger partial charge in [-0.25, -0.2) is 4.99 Å². The van der Waals surface area contributed by atoms with E-state index in [0.29, 0.717) is 11.3 Å². The minimum atomic E-state index is 0. The molecular weight excluding hydrogens is 397 g/mol. The summed E-state index contributed by atoms with van der Waals surface area (Å²) in [7, 11) is 1.93. The zero-order valence-electron chi connectivity index (χ0n) is 13.3. The molecule has 0 aliphatic carbocycles. The van der Waals surface area contributed by atoms with Crippen molar-refractivity contribution >= 4 is 41.7 Å². The summed E-state index contributed by atoms with van der Waals surface area (Å²) in [6.45, 7) is 10.4. The first-order valence-corrected chi connectivity index (χ1v) is 8.13. The third-order valence-electron chi connectivity index (χ3n) is 3.23. The molecule has 0 saturated carbocycles. The number of halogens is 1. The topological polar surface area (TPSA) is 45.5 Å². The van der Waals surface area contributed by atoms with Gasteiger partial charge in [0.15, 0.2) is 5.96 Å². The molecule has 0 unspecified atom stereocenters. The highest BCUT2D eigenvalue weighted by atomic mass is 127. The number of aromatic nitrogens is 2. The van der Waals surface area contributed by atoms with Crippen molar-refractivity contribution in [1.82, 2.24) is 20.0 Å². The molecule has 1 aliphatic rings. The van der Waals surface area contributed by atoms with Gasteiger partial charge in [-0.1, -0.05) is 0 Å². The van der Waals surface area contributed by atoms with Crippen LogP contribution in [0, 0.1) is 0 Å². The average Bonchev–Trinajstić information content (AvgIpc) is 2.79. The third kappa shape index (κ3) is 5.69. The lowest BCUT2D eigenvalue weighted by Crippen LogP contribution is -2.50. The maximum Gasteiger partial charge on any atom is 0.194 e. The molecule has 7 heteroatoms. The molecule has 0 amide bonds. The van der Waals surface area contributed by atoms with Gasteiger partial charge >= 0.3 is 0 Å². The zero-order valence-corrected chi connectivity index (χ0v) is 16.4. The predicted molar refractivity (Wildman–Crippen MR) is 102 cm³/mol. The van der Waals surface area contributed by atoms with E-state index in [1.807, 2.05) is 35.9 Å². The number of aliphatic imine (C=N–C) groups is 1. The van der Waals surface area contributed by atoms with Gasteiger partial charge in [-0.2, -0.15) is 16.9 Å². The van der Waals surface area contributed by atoms with Crippen molar-refractivity contribution < 1.29 is 0 Å². The van der Waals surface area contributed by atoms with E-state index in [2.05, 4.69) is 36.1 Å². The fourth-order valence-corrected chi connectivity index (χ4v) is 3.45. The number of nitrogens with zero attached hydrogens (tertiary/aromatic N) is 4. The van der Waals surface area contributed by atoms with Crippen molar-refractivity contribution in [2.24, 2.45) is 12.0 Å². The molecule has 0 spiro atoms. The lowest BCUT2D eigenvalue weighted by Gasteiger charge is -2.39. The molecule has 0 atom stereocenters. The van der Waals surface area contributed by atoms with Gasteiger partial charge in [0.2, 0.25) is 0 Å². The fraction of sp³-hybridized carbons (Fsp3) is 0.714. The quantitative estimate of drug-likeness (QED) is 0.461. The van der Waals surface area contributed by atoms with Gasteiger partial charge in [-0.3, -0.25) is 4.68 Å². The number of thioether (sulfide) groups is 1. The lowest BCUT2D eigenvalue weighted by atomic mass is 10.2. The molecular formula is C14H26IN5S. The molecule has 1 aromatic rings. The van der Waals surface area contributed by atoms with Crippen molar-refractivity contribution in [3.05, 3.63) is 18.0 Å². The summed E-state index contributed by atoms with van der Waals surface area (Å²) in [4.78, 5) is 7.13. The van der Waals surface area contributed by atoms with Crippen molar-refractivity contribution in [3.63, 3.8) is 0 Å². The molecule has 2 heterocycles. The van der Waals surface area contributed by atoms with Gasteiger partial charge < -0.3 is 10.2 Å². The van der Waals surface area contributed by atoms with Gasteiger partial charge in [0, 0.05) is 48.9 Å². The Balaban J connectivity index is 0.00000220. The van der Waals surface area contributed by atoms with E-state index in [1.54, 1.807) is 0 Å². The van der Waals surface area contributed by atoms with E-state index in [-0.39, 0.29) is 24.0 Å². The summed E-state index contributed by atoms with van der Waals surface area (Å²) in [6.07, 6.45) is 3.89. The van der Waals surface area contributed by atoms with Crippen molar-refractivity contribution in [3.8, 4) is 0 Å². The van der Waals surface area contributed by atoms with Crippen molar-refractivity contribution in [2.45, 2.75) is 32.1 Å². The minimum Gasteiger partial charge on any atom is -0.357 e. The van der Waals surface area contributed by atoms with Crippen LogP contribution in [0.3, 0.4) is 0 Å². The highest BCUT2D eigenvalue weighted by Gasteiger charge is 2.28. The molecule has 0 aromatic carbocycles. The normalized spacial score (nSPS) is 18.3. The standard InChI is InChI=1S/C14H25N5S.HI/c1-5-15-13(16-8-12-9-17-18(4)10-12)19-6-7-20-14(2,3)11-19;/h9-10H,5-8,11H2,1-4H3,(H,15,16);1H. The van der Waals surface area contributed by atoms with Crippen LogP contribution in [0.1, 0.15) is 26.3 Å². The molecule has 1 N–H and O–H groups in total. The Morgan fingerprint density at radius 3 is 2.86 bits per heavy atom. The summed E-state index contributed by atoms with van der Waals surface area (Å²) in [6, 6.07) is 0. The first-order valence-electron chi connectivity index (χ1n) is 7.15. The van der Waals surface area contributed by atoms with Gasteiger partial charge in [0.05, 0.1) is 12.7 Å². The number of hydrogen-bond donors (Lipinski definition) is 1. The van der Waals surface area contributed by atoms with E-state index in [9.17, 15) is 0 Å². The van der Waals surface area contributed by atoms with E-state index in [1.165, 1.54) is 0 Å². The molecule has 120 valence electrons. The molecule has 0 radical (unpaired) electrons. The van der Waals surface area contributed by atoms with Crippen LogP contribution in [0.4, 0.5) is 0 Å². The Morgan fingerprint density at radius 1 is 1.52 bits per heavy atom. The Morgan fingerprint density at radius 2 is 2.29 bits per heavy atom. The number of nitrogens with one attached hydrogen (secondary N) is 1. The second-order valence-corrected chi connectivity index (χ2v) is 7.52. The monoisotopic (exact) mass is 423 g/mol. The minimum absolute atomic E-state index is 0. The van der Waals surface area contributed by atoms with E-state index < -0.39 is 0 Å². The van der Waals surface area contributed by atoms with Gasteiger partial charge in [-0.15, -0.1) is 24.0 Å². The fourth-order valence-electron chi connectivity index (χ4n) is 2.34. The predicted octanol–water partition coefficient (Wildman–Crippen LogP) is 2.33. The lowest BCUT2D eigenvalue weighted by molar-refractivity contribution is 0.376. The Labute approximate surface area is 149 Å². The van der Waals surface area contributed by atoms with E-state index in [4.69, 9.17) is 4.99 Å². The van der Waals surface area contributed by atoms with E-state index in [0.717, 1.165) is 36.9 Å². The summed E-state index contributed by atoms with van der Waals surface area (Å²) in [5.74, 6) is 2.18. The first kappa shape index (κ1) is 18.6. The van der Waals surface area contributed by atoms with Crippen molar-refractivity contribution in [1.29, 1.82) is 0 Å². The Hall–Kier alpha value is -0.440. The molecule has 1 saturated heterocycles. The van der Waals surface area contributed by atoms with Gasteiger partial charge in [0.1, 0.15) is 0 Å². The summed E-state index contributed by atoms with van der Waals surface area (Å²) < 4.78 is 2.11. The summed E-state index contributed by atoms with van der Waals surface area (Å²) >= 11 is 2.04. The molecule has 1 fully saturated rings. The number of guanidine groups is 1. The smallest absolute Gasteiger partial charge is 0.194 e. The van der Waals surface area contributed by atoms with Crippen LogP contribution in [-0.4, -0.2) is 50.8 Å². The Bertz CT molecular complexity index is 472.